The van der Waals surface area contributed by atoms with E-state index in [1.165, 1.54) is 38.8 Å². The van der Waals surface area contributed by atoms with E-state index in [-0.39, 0.29) is 11.9 Å². The van der Waals surface area contributed by atoms with E-state index in [4.69, 9.17) is 0 Å². The number of likely N-dealkylation sites (N-methyl/N-ethyl adjacent to an activating group) is 1. The molecule has 0 saturated carbocycles. The molecule has 1 amide bonds. The second-order valence-corrected chi connectivity index (χ2v) is 4.56. The Morgan fingerprint density at radius 2 is 1.88 bits per heavy atom. The van der Waals surface area contributed by atoms with Crippen molar-refractivity contribution < 1.29 is 4.79 Å². The summed E-state index contributed by atoms with van der Waals surface area (Å²) in [6, 6.07) is -0.0934. The molecule has 1 saturated heterocycles. The third-order valence-electron chi connectivity index (χ3n) is 3.25. The molecule has 1 aliphatic heterocycles. The van der Waals surface area contributed by atoms with Gasteiger partial charge in [0, 0.05) is 13.1 Å². The summed E-state index contributed by atoms with van der Waals surface area (Å²) in [4.78, 5) is 13.9. The van der Waals surface area contributed by atoms with E-state index in [9.17, 15) is 4.79 Å². The first kappa shape index (κ1) is 13.5. The van der Waals surface area contributed by atoms with Gasteiger partial charge in [-0.05, 0) is 39.9 Å². The summed E-state index contributed by atoms with van der Waals surface area (Å²) in [7, 11) is 1.80. The van der Waals surface area contributed by atoms with Crippen LogP contribution in [-0.4, -0.2) is 50.1 Å². The Bertz CT molecular complexity index is 200. The van der Waals surface area contributed by atoms with E-state index in [0.29, 0.717) is 0 Å². The predicted octanol–water partition coefficient (Wildman–Crippen LogP) is 0.587. The zero-order valence-corrected chi connectivity index (χ0v) is 10.6. The van der Waals surface area contributed by atoms with Gasteiger partial charge in [0.2, 0.25) is 5.91 Å². The topological polar surface area (TPSA) is 44.4 Å². The fraction of sp³-hybridized carbons (Fsp3) is 0.917. The lowest BCUT2D eigenvalue weighted by Crippen LogP contribution is -2.43. The Balaban J connectivity index is 2.11. The molecule has 1 atom stereocenters. The van der Waals surface area contributed by atoms with Gasteiger partial charge in [-0.2, -0.15) is 0 Å². The third-order valence-corrected chi connectivity index (χ3v) is 3.25. The van der Waals surface area contributed by atoms with Crippen LogP contribution in [0, 0.1) is 0 Å². The van der Waals surface area contributed by atoms with Gasteiger partial charge in [-0.25, -0.2) is 0 Å². The molecule has 0 aromatic carbocycles. The molecule has 16 heavy (non-hydrogen) atoms. The molecular weight excluding hydrogens is 202 g/mol. The molecule has 1 rings (SSSR count). The van der Waals surface area contributed by atoms with Gasteiger partial charge in [-0.1, -0.05) is 12.8 Å². The van der Waals surface area contributed by atoms with Crippen molar-refractivity contribution in [3.63, 3.8) is 0 Å². The number of hydrogen-bond acceptors (Lipinski definition) is 3. The summed E-state index contributed by atoms with van der Waals surface area (Å²) in [5.41, 5.74) is 0. The molecule has 4 heteroatoms. The van der Waals surface area contributed by atoms with Gasteiger partial charge in [-0.15, -0.1) is 0 Å². The van der Waals surface area contributed by atoms with Crippen LogP contribution in [0.2, 0.25) is 0 Å². The first-order chi connectivity index (χ1) is 7.74. The molecule has 1 heterocycles. The highest BCUT2D eigenvalue weighted by Crippen LogP contribution is 2.08. The van der Waals surface area contributed by atoms with Crippen LogP contribution in [0.3, 0.4) is 0 Å². The third kappa shape index (κ3) is 4.94. The summed E-state index contributed by atoms with van der Waals surface area (Å²) in [5.74, 6) is 0.0947. The molecule has 0 spiro atoms. The average molecular weight is 227 g/mol. The molecule has 0 bridgehead atoms. The molecule has 2 N–H and O–H groups in total. The number of nitrogens with one attached hydrogen (secondary N) is 2. The normalized spacial score (nSPS) is 20.1. The average Bonchev–Trinajstić information content (AvgIpc) is 2.56. The van der Waals surface area contributed by atoms with Gasteiger partial charge in [0.05, 0.1) is 6.04 Å². The Kier molecular flexibility index (Phi) is 6.42. The Labute approximate surface area is 98.8 Å². The molecule has 4 nitrogen and oxygen atoms in total. The largest absolute Gasteiger partial charge is 0.353 e. The van der Waals surface area contributed by atoms with Crippen LogP contribution in [-0.2, 0) is 4.79 Å². The lowest BCUT2D eigenvalue weighted by molar-refractivity contribution is -0.122. The zero-order chi connectivity index (χ0) is 11.8. The van der Waals surface area contributed by atoms with Crippen LogP contribution >= 0.6 is 0 Å². The smallest absolute Gasteiger partial charge is 0.236 e. The van der Waals surface area contributed by atoms with E-state index < -0.39 is 0 Å². The number of amides is 1. The highest BCUT2D eigenvalue weighted by molar-refractivity contribution is 5.81. The van der Waals surface area contributed by atoms with E-state index in [1.54, 1.807) is 7.05 Å². The minimum absolute atomic E-state index is 0.0934. The second kappa shape index (κ2) is 7.63. The van der Waals surface area contributed by atoms with E-state index in [0.717, 1.165) is 13.1 Å². The first-order valence-electron chi connectivity index (χ1n) is 6.41. The van der Waals surface area contributed by atoms with Crippen LogP contribution in [0.5, 0.6) is 0 Å². The Hall–Kier alpha value is -0.610. The van der Waals surface area contributed by atoms with Crippen LogP contribution in [0.15, 0.2) is 0 Å². The number of hydrogen-bond donors (Lipinski definition) is 2. The van der Waals surface area contributed by atoms with Crippen LogP contribution < -0.4 is 10.6 Å². The van der Waals surface area contributed by atoms with Crippen molar-refractivity contribution in [1.29, 1.82) is 0 Å². The standard InChI is InChI=1S/C12H25N3O/c1-11(13-2)12(16)14-7-10-15-8-5-3-4-6-9-15/h11,13H,3-10H2,1-2H3,(H,14,16). The molecular formula is C12H25N3O. The van der Waals surface area contributed by atoms with Crippen LogP contribution in [0.25, 0.3) is 0 Å². The van der Waals surface area contributed by atoms with E-state index in [1.807, 2.05) is 6.92 Å². The number of carbonyl (C=O) groups excluding carboxylic acids is 1. The van der Waals surface area contributed by atoms with Crippen molar-refractivity contribution in [2.45, 2.75) is 38.6 Å². The lowest BCUT2D eigenvalue weighted by atomic mass is 10.2. The maximum atomic E-state index is 11.5. The van der Waals surface area contributed by atoms with Crippen molar-refractivity contribution in [2.24, 2.45) is 0 Å². The van der Waals surface area contributed by atoms with Gasteiger partial charge in [0.1, 0.15) is 0 Å². The maximum Gasteiger partial charge on any atom is 0.236 e. The monoisotopic (exact) mass is 227 g/mol. The summed E-state index contributed by atoms with van der Waals surface area (Å²) in [6.07, 6.45) is 5.33. The van der Waals surface area contributed by atoms with Crippen molar-refractivity contribution in [1.82, 2.24) is 15.5 Å². The fourth-order valence-electron chi connectivity index (χ4n) is 1.98. The van der Waals surface area contributed by atoms with Crippen LogP contribution in [0.4, 0.5) is 0 Å². The Morgan fingerprint density at radius 3 is 2.44 bits per heavy atom. The maximum absolute atomic E-state index is 11.5. The minimum atomic E-state index is -0.0934. The SMILES string of the molecule is CNC(C)C(=O)NCCN1CCCCCC1. The minimum Gasteiger partial charge on any atom is -0.353 e. The molecule has 0 aromatic heterocycles. The molecule has 94 valence electrons. The van der Waals surface area contributed by atoms with Gasteiger partial charge in [0.25, 0.3) is 0 Å². The molecule has 1 fully saturated rings. The van der Waals surface area contributed by atoms with Gasteiger partial charge in [0.15, 0.2) is 0 Å². The van der Waals surface area contributed by atoms with Crippen molar-refractivity contribution in [3.05, 3.63) is 0 Å². The lowest BCUT2D eigenvalue weighted by Gasteiger charge is -2.20. The van der Waals surface area contributed by atoms with Crippen molar-refractivity contribution >= 4 is 5.91 Å². The second-order valence-electron chi connectivity index (χ2n) is 4.56. The molecule has 0 radical (unpaired) electrons. The molecule has 0 aliphatic carbocycles. The number of nitrogens with zero attached hydrogens (tertiary/aromatic N) is 1. The van der Waals surface area contributed by atoms with Crippen LogP contribution in [0.1, 0.15) is 32.6 Å². The quantitative estimate of drug-likeness (QED) is 0.722. The van der Waals surface area contributed by atoms with Gasteiger partial charge >= 0.3 is 0 Å². The number of rotatable bonds is 5. The van der Waals surface area contributed by atoms with Gasteiger partial charge in [-0.3, -0.25) is 4.79 Å². The number of carbonyl (C=O) groups is 1. The summed E-state index contributed by atoms with van der Waals surface area (Å²) in [6.45, 7) is 6.02. The predicted molar refractivity (Wildman–Crippen MR) is 66.4 cm³/mol. The molecule has 1 unspecified atom stereocenters. The zero-order valence-electron chi connectivity index (χ0n) is 10.6. The van der Waals surface area contributed by atoms with Crippen molar-refractivity contribution in [2.75, 3.05) is 33.2 Å². The number of likely N-dealkylation sites (tertiary alicyclic amines) is 1. The molecule has 1 aliphatic rings. The Morgan fingerprint density at radius 1 is 1.25 bits per heavy atom. The highest BCUT2D eigenvalue weighted by Gasteiger charge is 2.11. The first-order valence-corrected chi connectivity index (χ1v) is 6.41. The van der Waals surface area contributed by atoms with E-state index >= 15 is 0 Å². The molecule has 0 aromatic rings. The summed E-state index contributed by atoms with van der Waals surface area (Å²) in [5, 5.41) is 5.90. The van der Waals surface area contributed by atoms with E-state index in [2.05, 4.69) is 15.5 Å². The fourth-order valence-corrected chi connectivity index (χ4v) is 1.98. The summed E-state index contributed by atoms with van der Waals surface area (Å²) < 4.78 is 0. The summed E-state index contributed by atoms with van der Waals surface area (Å²) >= 11 is 0. The highest BCUT2D eigenvalue weighted by atomic mass is 16.2. The van der Waals surface area contributed by atoms with Gasteiger partial charge < -0.3 is 15.5 Å². The van der Waals surface area contributed by atoms with Crippen molar-refractivity contribution in [3.8, 4) is 0 Å².